The first kappa shape index (κ1) is 24.3. The van der Waals surface area contributed by atoms with Gasteiger partial charge in [0.2, 0.25) is 5.91 Å². The molecule has 1 aliphatic heterocycles. The molecule has 160 valence electrons. The Hall–Kier alpha value is -2.39. The number of amides is 1. The van der Waals surface area contributed by atoms with Gasteiger partial charge in [-0.25, -0.2) is 0 Å². The summed E-state index contributed by atoms with van der Waals surface area (Å²) in [6, 6.07) is 11.4. The molecule has 1 N–H and O–H groups in total. The first-order chi connectivity index (χ1) is 15.0. The zero-order valence-electron chi connectivity index (χ0n) is 17.8. The predicted octanol–water partition coefficient (Wildman–Crippen LogP) is -1.03. The number of hydrogen-bond donors (Lipinski definition) is 1. The fourth-order valence-electron chi connectivity index (χ4n) is 3.71. The topological polar surface area (TPSA) is 105 Å². The molecule has 32 heavy (non-hydrogen) atoms. The Bertz CT molecular complexity index is 1070. The summed E-state index contributed by atoms with van der Waals surface area (Å²) in [4.78, 5) is 30.8. The van der Waals surface area contributed by atoms with E-state index in [-0.39, 0.29) is 48.3 Å². The summed E-state index contributed by atoms with van der Waals surface area (Å²) >= 11 is 6.05. The molecule has 0 bridgehead atoms. The number of nitrogens with one attached hydrogen (secondary N) is 1. The van der Waals surface area contributed by atoms with Gasteiger partial charge in [0.15, 0.2) is 5.82 Å². The smallest absolute Gasteiger partial charge is 0.550 e. The number of H-pyrrole nitrogens is 1. The molecule has 1 aromatic carbocycles. The van der Waals surface area contributed by atoms with Crippen molar-refractivity contribution in [1.29, 1.82) is 0 Å². The third kappa shape index (κ3) is 5.50. The molecule has 3 aromatic rings. The largest absolute Gasteiger partial charge is 1.00 e. The minimum Gasteiger partial charge on any atom is -0.550 e. The molecule has 0 aliphatic carbocycles. The zero-order chi connectivity index (χ0) is 21.8. The quantitative estimate of drug-likeness (QED) is 0.471. The summed E-state index contributed by atoms with van der Waals surface area (Å²) in [5.74, 6) is -0.569. The Morgan fingerprint density at radius 1 is 0.969 bits per heavy atom. The zero-order valence-corrected chi connectivity index (χ0v) is 20.5. The minimum absolute atomic E-state index is 0. The van der Waals surface area contributed by atoms with E-state index in [1.807, 2.05) is 36.4 Å². The van der Waals surface area contributed by atoms with Crippen LogP contribution in [0.4, 0.5) is 5.82 Å². The van der Waals surface area contributed by atoms with Crippen LogP contribution in [-0.2, 0) is 9.59 Å². The van der Waals surface area contributed by atoms with Crippen molar-refractivity contribution in [2.75, 3.05) is 31.1 Å². The van der Waals surface area contributed by atoms with Gasteiger partial charge < -0.3 is 19.7 Å². The summed E-state index contributed by atoms with van der Waals surface area (Å²) in [6.45, 7) is 2.20. The second-order valence-electron chi connectivity index (χ2n) is 7.28. The average Bonchev–Trinajstić information content (AvgIpc) is 3.24. The third-order valence-electron chi connectivity index (χ3n) is 5.32. The van der Waals surface area contributed by atoms with Crippen molar-refractivity contribution in [3.63, 3.8) is 0 Å². The second-order valence-corrected chi connectivity index (χ2v) is 7.72. The van der Waals surface area contributed by atoms with Gasteiger partial charge in [0.05, 0.1) is 11.3 Å². The Morgan fingerprint density at radius 2 is 1.62 bits per heavy atom. The number of benzene rings is 1. The molecule has 0 spiro atoms. The van der Waals surface area contributed by atoms with Crippen LogP contribution in [0.2, 0.25) is 5.02 Å². The van der Waals surface area contributed by atoms with Crippen molar-refractivity contribution >= 4 is 29.3 Å². The van der Waals surface area contributed by atoms with Gasteiger partial charge in [0.25, 0.3) is 0 Å². The van der Waals surface area contributed by atoms with Gasteiger partial charge in [-0.3, -0.25) is 14.9 Å². The molecule has 0 radical (unpaired) electrons. The standard InChI is InChI=1S/C22H22ClN5O3.Na/c23-17-3-1-16(2-4-17)21-20(15-7-9-24-10-8-15)22(26-25-21)28-13-11-27(12-14-28)18(29)5-6-19(30)31;/h1-4,7-10H,5-6,11-14H2,(H,25,26)(H,30,31);/q;+1/p-1. The summed E-state index contributed by atoms with van der Waals surface area (Å²) in [7, 11) is 0. The number of aromatic amines is 1. The third-order valence-corrected chi connectivity index (χ3v) is 5.58. The fourth-order valence-corrected chi connectivity index (χ4v) is 3.84. The molecule has 0 unspecified atom stereocenters. The molecular formula is C22H21ClN5NaO3. The first-order valence-electron chi connectivity index (χ1n) is 10.00. The number of pyridine rings is 1. The van der Waals surface area contributed by atoms with Crippen molar-refractivity contribution in [2.24, 2.45) is 0 Å². The van der Waals surface area contributed by atoms with Crippen LogP contribution in [0.1, 0.15) is 12.8 Å². The maximum atomic E-state index is 12.2. The maximum Gasteiger partial charge on any atom is 1.00 e. The number of carboxylic acid groups (broad SMARTS) is 1. The molecule has 1 amide bonds. The van der Waals surface area contributed by atoms with Crippen LogP contribution in [0, 0.1) is 0 Å². The molecule has 0 atom stereocenters. The number of anilines is 1. The van der Waals surface area contributed by atoms with E-state index in [1.54, 1.807) is 17.3 Å². The van der Waals surface area contributed by atoms with Gasteiger partial charge in [-0.1, -0.05) is 23.7 Å². The van der Waals surface area contributed by atoms with Gasteiger partial charge in [-0.15, -0.1) is 0 Å². The molecule has 10 heteroatoms. The van der Waals surface area contributed by atoms with Gasteiger partial charge >= 0.3 is 29.6 Å². The van der Waals surface area contributed by atoms with Crippen LogP contribution < -0.4 is 39.6 Å². The Balaban J connectivity index is 0.00000289. The summed E-state index contributed by atoms with van der Waals surface area (Å²) < 4.78 is 0. The number of rotatable bonds is 6. The molecule has 3 heterocycles. The maximum absolute atomic E-state index is 12.2. The van der Waals surface area contributed by atoms with E-state index in [9.17, 15) is 14.7 Å². The summed E-state index contributed by atoms with van der Waals surface area (Å²) in [5.41, 5.74) is 3.79. The van der Waals surface area contributed by atoms with E-state index < -0.39 is 5.97 Å². The Labute approximate surface area is 212 Å². The normalized spacial score (nSPS) is 13.5. The molecular weight excluding hydrogens is 441 g/mol. The molecule has 1 aliphatic rings. The van der Waals surface area contributed by atoms with Gasteiger partial charge in [0.1, 0.15) is 0 Å². The first-order valence-corrected chi connectivity index (χ1v) is 10.4. The number of carbonyl (C=O) groups excluding carboxylic acids is 2. The van der Waals surface area contributed by atoms with E-state index >= 15 is 0 Å². The number of hydrogen-bond acceptors (Lipinski definition) is 6. The van der Waals surface area contributed by atoms with E-state index in [2.05, 4.69) is 20.1 Å². The van der Waals surface area contributed by atoms with Gasteiger partial charge in [-0.2, -0.15) is 5.10 Å². The monoisotopic (exact) mass is 461 g/mol. The molecule has 1 fully saturated rings. The van der Waals surface area contributed by atoms with Crippen molar-refractivity contribution in [3.05, 3.63) is 53.8 Å². The number of piperazine rings is 1. The number of aliphatic carboxylic acids is 1. The van der Waals surface area contributed by atoms with Crippen LogP contribution in [0.15, 0.2) is 48.8 Å². The Kier molecular flexibility index (Phi) is 8.31. The summed E-state index contributed by atoms with van der Waals surface area (Å²) in [6.07, 6.45) is 3.19. The molecule has 2 aromatic heterocycles. The molecule has 0 saturated carbocycles. The number of nitrogens with zero attached hydrogens (tertiary/aromatic N) is 4. The van der Waals surface area contributed by atoms with E-state index in [1.165, 1.54) is 0 Å². The summed E-state index contributed by atoms with van der Waals surface area (Å²) in [5, 5.41) is 19.0. The van der Waals surface area contributed by atoms with Crippen molar-refractivity contribution < 1.29 is 44.3 Å². The van der Waals surface area contributed by atoms with Crippen LogP contribution >= 0.6 is 11.6 Å². The number of aromatic nitrogens is 3. The Morgan fingerprint density at radius 3 is 2.25 bits per heavy atom. The van der Waals surface area contributed by atoms with Crippen LogP contribution in [-0.4, -0.2) is 58.1 Å². The molecule has 8 nitrogen and oxygen atoms in total. The van der Waals surface area contributed by atoms with Gasteiger partial charge in [0, 0.05) is 61.5 Å². The van der Waals surface area contributed by atoms with Gasteiger partial charge in [-0.05, 0) is 36.2 Å². The predicted molar refractivity (Wildman–Crippen MR) is 115 cm³/mol. The molecule has 1 saturated heterocycles. The number of carboxylic acids is 1. The van der Waals surface area contributed by atoms with E-state index in [0.29, 0.717) is 31.2 Å². The van der Waals surface area contributed by atoms with Crippen LogP contribution in [0.5, 0.6) is 0 Å². The SMILES string of the molecule is O=C([O-])CCC(=O)N1CCN(c2n[nH]c(-c3ccc(Cl)cc3)c2-c2ccncc2)CC1.[Na+]. The van der Waals surface area contributed by atoms with E-state index in [4.69, 9.17) is 11.6 Å². The van der Waals surface area contributed by atoms with Crippen molar-refractivity contribution in [2.45, 2.75) is 12.8 Å². The average molecular weight is 462 g/mol. The fraction of sp³-hybridized carbons (Fsp3) is 0.273. The van der Waals surface area contributed by atoms with Crippen molar-refractivity contribution in [3.8, 4) is 22.4 Å². The van der Waals surface area contributed by atoms with Crippen molar-refractivity contribution in [1.82, 2.24) is 20.1 Å². The molecule has 4 rings (SSSR count). The number of halogens is 1. The van der Waals surface area contributed by atoms with Crippen LogP contribution in [0.3, 0.4) is 0 Å². The van der Waals surface area contributed by atoms with Crippen LogP contribution in [0.25, 0.3) is 22.4 Å². The second kappa shape index (κ2) is 11.0. The number of carbonyl (C=O) groups is 2. The minimum atomic E-state index is -1.21. The van der Waals surface area contributed by atoms with E-state index in [0.717, 1.165) is 28.2 Å².